The van der Waals surface area contributed by atoms with Crippen molar-refractivity contribution >= 4 is 21.9 Å². The van der Waals surface area contributed by atoms with Crippen LogP contribution in [0.1, 0.15) is 17.4 Å². The number of halogens is 1. The number of benzene rings is 1. The standard InChI is InChI=1S/C13H12BrNO4/c1-3-18-13(16)10-7-12(19-15-10)9-5-4-8(14)6-11(9)17-2/h4-7H,3H2,1-2H3. The van der Waals surface area contributed by atoms with E-state index in [4.69, 9.17) is 14.0 Å². The second-order valence-corrected chi connectivity index (χ2v) is 4.56. The minimum atomic E-state index is -0.506. The van der Waals surface area contributed by atoms with Crippen molar-refractivity contribution in [1.29, 1.82) is 0 Å². The number of nitrogens with zero attached hydrogens (tertiary/aromatic N) is 1. The zero-order chi connectivity index (χ0) is 13.8. The van der Waals surface area contributed by atoms with E-state index in [1.54, 1.807) is 14.0 Å². The molecule has 0 N–H and O–H groups in total. The Morgan fingerprint density at radius 3 is 2.89 bits per heavy atom. The SMILES string of the molecule is CCOC(=O)c1cc(-c2ccc(Br)cc2OC)on1. The first-order valence-electron chi connectivity index (χ1n) is 5.63. The van der Waals surface area contributed by atoms with Crippen LogP contribution in [0.4, 0.5) is 0 Å². The van der Waals surface area contributed by atoms with Crippen LogP contribution in [0.25, 0.3) is 11.3 Å². The van der Waals surface area contributed by atoms with Crippen molar-refractivity contribution in [2.24, 2.45) is 0 Å². The molecule has 0 aliphatic rings. The van der Waals surface area contributed by atoms with Gasteiger partial charge in [-0.1, -0.05) is 21.1 Å². The van der Waals surface area contributed by atoms with Crippen LogP contribution in [-0.4, -0.2) is 24.8 Å². The molecule has 0 unspecified atom stereocenters. The molecule has 1 heterocycles. The molecule has 0 aliphatic heterocycles. The first-order valence-corrected chi connectivity index (χ1v) is 6.42. The second kappa shape index (κ2) is 5.88. The van der Waals surface area contributed by atoms with E-state index in [-0.39, 0.29) is 5.69 Å². The Hall–Kier alpha value is -1.82. The normalized spacial score (nSPS) is 10.3. The molecule has 2 rings (SSSR count). The lowest BCUT2D eigenvalue weighted by molar-refractivity contribution is 0.0514. The van der Waals surface area contributed by atoms with Crippen molar-refractivity contribution in [1.82, 2.24) is 5.16 Å². The number of rotatable bonds is 4. The number of esters is 1. The molecule has 0 amide bonds. The summed E-state index contributed by atoms with van der Waals surface area (Å²) in [5.74, 6) is 0.571. The summed E-state index contributed by atoms with van der Waals surface area (Å²) in [5, 5.41) is 3.69. The van der Waals surface area contributed by atoms with Gasteiger partial charge in [-0.25, -0.2) is 4.79 Å². The van der Waals surface area contributed by atoms with Gasteiger partial charge in [0.1, 0.15) is 5.75 Å². The average molecular weight is 326 g/mol. The first kappa shape index (κ1) is 13.6. The Kier molecular flexibility index (Phi) is 4.21. The topological polar surface area (TPSA) is 61.6 Å². The van der Waals surface area contributed by atoms with E-state index in [1.165, 1.54) is 6.07 Å². The molecule has 19 heavy (non-hydrogen) atoms. The Balaban J connectivity index is 2.35. The summed E-state index contributed by atoms with van der Waals surface area (Å²) in [6.07, 6.45) is 0. The van der Waals surface area contributed by atoms with Crippen LogP contribution >= 0.6 is 15.9 Å². The summed E-state index contributed by atoms with van der Waals surface area (Å²) in [7, 11) is 1.56. The number of hydrogen-bond acceptors (Lipinski definition) is 5. The Morgan fingerprint density at radius 1 is 1.42 bits per heavy atom. The zero-order valence-electron chi connectivity index (χ0n) is 10.5. The van der Waals surface area contributed by atoms with Gasteiger partial charge >= 0.3 is 5.97 Å². The monoisotopic (exact) mass is 325 g/mol. The van der Waals surface area contributed by atoms with E-state index in [2.05, 4.69) is 21.1 Å². The maximum Gasteiger partial charge on any atom is 0.360 e. The number of carbonyl (C=O) groups is 1. The van der Waals surface area contributed by atoms with Crippen LogP contribution in [0.3, 0.4) is 0 Å². The van der Waals surface area contributed by atoms with Gasteiger partial charge in [-0.3, -0.25) is 0 Å². The van der Waals surface area contributed by atoms with Gasteiger partial charge < -0.3 is 14.0 Å². The van der Waals surface area contributed by atoms with Gasteiger partial charge in [-0.05, 0) is 25.1 Å². The number of aromatic nitrogens is 1. The minimum absolute atomic E-state index is 0.141. The Morgan fingerprint density at radius 2 is 2.21 bits per heavy atom. The lowest BCUT2D eigenvalue weighted by Crippen LogP contribution is -2.04. The molecule has 0 saturated carbocycles. The molecular weight excluding hydrogens is 314 g/mol. The maximum atomic E-state index is 11.5. The first-order chi connectivity index (χ1) is 9.15. The van der Waals surface area contributed by atoms with Crippen LogP contribution in [0.2, 0.25) is 0 Å². The summed E-state index contributed by atoms with van der Waals surface area (Å²) in [6, 6.07) is 7.01. The van der Waals surface area contributed by atoms with Crippen LogP contribution in [0.5, 0.6) is 5.75 Å². The molecule has 2 aromatic rings. The van der Waals surface area contributed by atoms with Gasteiger partial charge in [0, 0.05) is 10.5 Å². The molecule has 1 aromatic carbocycles. The highest BCUT2D eigenvalue weighted by atomic mass is 79.9. The van der Waals surface area contributed by atoms with Gasteiger partial charge in [0.25, 0.3) is 0 Å². The molecule has 0 bridgehead atoms. The number of ether oxygens (including phenoxy) is 2. The fourth-order valence-electron chi connectivity index (χ4n) is 1.57. The van der Waals surface area contributed by atoms with Crippen molar-refractivity contribution in [2.45, 2.75) is 6.92 Å². The van der Waals surface area contributed by atoms with E-state index in [0.717, 1.165) is 4.47 Å². The van der Waals surface area contributed by atoms with Gasteiger partial charge in [0.15, 0.2) is 11.5 Å². The minimum Gasteiger partial charge on any atom is -0.496 e. The molecule has 100 valence electrons. The summed E-state index contributed by atoms with van der Waals surface area (Å²) in [4.78, 5) is 11.5. The van der Waals surface area contributed by atoms with E-state index >= 15 is 0 Å². The third-order valence-corrected chi connectivity index (χ3v) is 2.92. The van der Waals surface area contributed by atoms with Crippen molar-refractivity contribution in [2.75, 3.05) is 13.7 Å². The van der Waals surface area contributed by atoms with Gasteiger partial charge in [-0.15, -0.1) is 0 Å². The molecule has 0 spiro atoms. The number of hydrogen-bond donors (Lipinski definition) is 0. The van der Waals surface area contributed by atoms with Gasteiger partial charge in [0.05, 0.1) is 19.3 Å². The highest BCUT2D eigenvalue weighted by molar-refractivity contribution is 9.10. The van der Waals surface area contributed by atoms with Crippen molar-refractivity contribution in [3.63, 3.8) is 0 Å². The van der Waals surface area contributed by atoms with Crippen LogP contribution in [0, 0.1) is 0 Å². The molecule has 0 atom stereocenters. The maximum absolute atomic E-state index is 11.5. The summed E-state index contributed by atoms with van der Waals surface area (Å²) in [5.41, 5.74) is 0.857. The Labute approximate surface area is 118 Å². The van der Waals surface area contributed by atoms with Crippen LogP contribution in [0.15, 0.2) is 33.3 Å². The third kappa shape index (κ3) is 2.96. The quantitative estimate of drug-likeness (QED) is 0.807. The average Bonchev–Trinajstić information content (AvgIpc) is 2.88. The molecule has 0 fully saturated rings. The predicted molar refractivity (Wildman–Crippen MR) is 72.1 cm³/mol. The second-order valence-electron chi connectivity index (χ2n) is 3.64. The summed E-state index contributed by atoms with van der Waals surface area (Å²) >= 11 is 3.36. The molecular formula is C13H12BrNO4. The van der Waals surface area contributed by atoms with E-state index < -0.39 is 5.97 Å². The van der Waals surface area contributed by atoms with Gasteiger partial charge in [-0.2, -0.15) is 0 Å². The van der Waals surface area contributed by atoms with E-state index in [9.17, 15) is 4.79 Å². The fraction of sp³-hybridized carbons (Fsp3) is 0.231. The van der Waals surface area contributed by atoms with Crippen LogP contribution in [-0.2, 0) is 4.74 Å². The lowest BCUT2D eigenvalue weighted by atomic mass is 10.1. The highest BCUT2D eigenvalue weighted by Crippen LogP contribution is 2.32. The van der Waals surface area contributed by atoms with E-state index in [1.807, 2.05) is 18.2 Å². The molecule has 0 radical (unpaired) electrons. The predicted octanol–water partition coefficient (Wildman–Crippen LogP) is 3.29. The van der Waals surface area contributed by atoms with Crippen molar-refractivity contribution in [3.05, 3.63) is 34.4 Å². The smallest absolute Gasteiger partial charge is 0.360 e. The van der Waals surface area contributed by atoms with Crippen molar-refractivity contribution in [3.8, 4) is 17.1 Å². The highest BCUT2D eigenvalue weighted by Gasteiger charge is 2.17. The molecule has 5 nitrogen and oxygen atoms in total. The number of methoxy groups -OCH3 is 1. The van der Waals surface area contributed by atoms with Crippen molar-refractivity contribution < 1.29 is 18.8 Å². The fourth-order valence-corrected chi connectivity index (χ4v) is 1.91. The lowest BCUT2D eigenvalue weighted by Gasteiger charge is -2.05. The van der Waals surface area contributed by atoms with E-state index in [0.29, 0.717) is 23.7 Å². The largest absolute Gasteiger partial charge is 0.496 e. The Bertz CT molecular complexity index is 594. The molecule has 0 saturated heterocycles. The van der Waals surface area contributed by atoms with Gasteiger partial charge in [0.2, 0.25) is 0 Å². The molecule has 6 heteroatoms. The zero-order valence-corrected chi connectivity index (χ0v) is 12.1. The molecule has 1 aromatic heterocycles. The summed E-state index contributed by atoms with van der Waals surface area (Å²) in [6.45, 7) is 2.03. The summed E-state index contributed by atoms with van der Waals surface area (Å²) < 4.78 is 16.2. The number of carbonyl (C=O) groups excluding carboxylic acids is 1. The van der Waals surface area contributed by atoms with Crippen LogP contribution < -0.4 is 4.74 Å². The molecule has 0 aliphatic carbocycles. The third-order valence-electron chi connectivity index (χ3n) is 2.42.